The molecule has 0 saturated heterocycles. The quantitative estimate of drug-likeness (QED) is 0.884. The number of primary sulfonamides is 1. The van der Waals surface area contributed by atoms with Crippen LogP contribution in [0.1, 0.15) is 30.6 Å². The van der Waals surface area contributed by atoms with Gasteiger partial charge in [0.2, 0.25) is 10.0 Å². The first kappa shape index (κ1) is 18.2. The fourth-order valence-electron chi connectivity index (χ4n) is 1.77. The van der Waals surface area contributed by atoms with Crippen molar-refractivity contribution in [1.82, 2.24) is 4.90 Å². The molecule has 0 spiro atoms. The maximum atomic E-state index is 12.4. The molecule has 1 aromatic rings. The van der Waals surface area contributed by atoms with E-state index in [-0.39, 0.29) is 20.5 Å². The zero-order valence-corrected chi connectivity index (χ0v) is 14.4. The van der Waals surface area contributed by atoms with Crippen LogP contribution in [0, 0.1) is 5.92 Å². The van der Waals surface area contributed by atoms with Crippen LogP contribution in [-0.2, 0) is 10.0 Å². The molecule has 0 aliphatic heterocycles. The molecule has 21 heavy (non-hydrogen) atoms. The summed E-state index contributed by atoms with van der Waals surface area (Å²) < 4.78 is 22.8. The van der Waals surface area contributed by atoms with E-state index in [0.717, 1.165) is 18.6 Å². The molecule has 1 aromatic carbocycles. The highest BCUT2D eigenvalue weighted by atomic mass is 35.5. The zero-order valence-electron chi connectivity index (χ0n) is 12.1. The number of benzene rings is 1. The Kier molecular flexibility index (Phi) is 6.04. The van der Waals surface area contributed by atoms with Gasteiger partial charge in [0.25, 0.3) is 5.91 Å². The molecular weight excluding hydrogens is 335 g/mol. The minimum Gasteiger partial charge on any atom is -0.341 e. The predicted molar refractivity (Wildman–Crippen MR) is 84.3 cm³/mol. The van der Waals surface area contributed by atoms with E-state index in [0.29, 0.717) is 12.5 Å². The van der Waals surface area contributed by atoms with Crippen molar-refractivity contribution in [2.24, 2.45) is 11.1 Å². The van der Waals surface area contributed by atoms with Crippen LogP contribution in [0.25, 0.3) is 0 Å². The van der Waals surface area contributed by atoms with Crippen LogP contribution < -0.4 is 5.14 Å². The van der Waals surface area contributed by atoms with Gasteiger partial charge in [-0.2, -0.15) is 0 Å². The van der Waals surface area contributed by atoms with Crippen LogP contribution in [0.5, 0.6) is 0 Å². The lowest BCUT2D eigenvalue weighted by molar-refractivity contribution is 0.0775. The number of hydrogen-bond donors (Lipinski definition) is 1. The largest absolute Gasteiger partial charge is 0.341 e. The van der Waals surface area contributed by atoms with Gasteiger partial charge in [-0.15, -0.1) is 0 Å². The summed E-state index contributed by atoms with van der Waals surface area (Å²) in [7, 11) is -2.34. The summed E-state index contributed by atoms with van der Waals surface area (Å²) in [6.45, 7) is 4.57. The standard InChI is InChI=1S/C13H18Cl2N2O3S/c1-4-8(2)7-17(3)13(18)10-5-9(21(16,19)20)6-11(14)12(10)15/h5-6,8H,4,7H2,1-3H3,(H2,16,19,20). The van der Waals surface area contributed by atoms with E-state index < -0.39 is 15.9 Å². The summed E-state index contributed by atoms with van der Waals surface area (Å²) in [5.74, 6) is -0.0812. The van der Waals surface area contributed by atoms with Crippen molar-refractivity contribution < 1.29 is 13.2 Å². The lowest BCUT2D eigenvalue weighted by Crippen LogP contribution is -2.31. The molecule has 0 radical (unpaired) electrons. The summed E-state index contributed by atoms with van der Waals surface area (Å²) in [5.41, 5.74) is 0.0268. The van der Waals surface area contributed by atoms with Gasteiger partial charge in [0, 0.05) is 13.6 Å². The lowest BCUT2D eigenvalue weighted by atomic mass is 10.1. The highest BCUT2D eigenvalue weighted by Gasteiger charge is 2.22. The van der Waals surface area contributed by atoms with Gasteiger partial charge in [0.15, 0.2) is 0 Å². The van der Waals surface area contributed by atoms with Crippen LogP contribution >= 0.6 is 23.2 Å². The van der Waals surface area contributed by atoms with Gasteiger partial charge in [0.05, 0.1) is 20.5 Å². The van der Waals surface area contributed by atoms with E-state index in [1.54, 1.807) is 7.05 Å². The second-order valence-corrected chi connectivity index (χ2v) is 7.36. The fourth-order valence-corrected chi connectivity index (χ4v) is 2.81. The molecule has 0 fully saturated rings. The van der Waals surface area contributed by atoms with E-state index >= 15 is 0 Å². The Morgan fingerprint density at radius 3 is 2.43 bits per heavy atom. The van der Waals surface area contributed by atoms with Gasteiger partial charge in [-0.1, -0.05) is 43.5 Å². The molecule has 0 bridgehead atoms. The third-order valence-corrected chi connectivity index (χ3v) is 4.88. The van der Waals surface area contributed by atoms with Gasteiger partial charge in [-0.3, -0.25) is 4.79 Å². The molecule has 5 nitrogen and oxygen atoms in total. The third kappa shape index (κ3) is 4.57. The van der Waals surface area contributed by atoms with E-state index in [1.165, 1.54) is 4.90 Å². The molecule has 1 rings (SSSR count). The number of hydrogen-bond acceptors (Lipinski definition) is 3. The van der Waals surface area contributed by atoms with Crippen molar-refractivity contribution in [3.05, 3.63) is 27.7 Å². The summed E-state index contributed by atoms with van der Waals surface area (Å²) in [6, 6.07) is 2.28. The number of carbonyl (C=O) groups is 1. The first-order valence-corrected chi connectivity index (χ1v) is 8.65. The third-order valence-electron chi connectivity index (χ3n) is 3.19. The highest BCUT2D eigenvalue weighted by molar-refractivity contribution is 7.89. The van der Waals surface area contributed by atoms with Crippen molar-refractivity contribution in [1.29, 1.82) is 0 Å². The molecule has 8 heteroatoms. The number of carbonyl (C=O) groups excluding carboxylic acids is 1. The SMILES string of the molecule is CCC(C)CN(C)C(=O)c1cc(S(N)(=O)=O)cc(Cl)c1Cl. The van der Waals surface area contributed by atoms with E-state index in [4.69, 9.17) is 28.3 Å². The van der Waals surface area contributed by atoms with Crippen molar-refractivity contribution >= 4 is 39.1 Å². The maximum absolute atomic E-state index is 12.4. The summed E-state index contributed by atoms with van der Waals surface area (Å²) in [5, 5.41) is 5.06. The van der Waals surface area contributed by atoms with Crippen LogP contribution in [0.2, 0.25) is 10.0 Å². The van der Waals surface area contributed by atoms with Crippen LogP contribution in [0.3, 0.4) is 0 Å². The molecule has 1 atom stereocenters. The van der Waals surface area contributed by atoms with Crippen LogP contribution in [-0.4, -0.2) is 32.8 Å². The molecule has 0 aliphatic rings. The van der Waals surface area contributed by atoms with Gasteiger partial charge >= 0.3 is 0 Å². The van der Waals surface area contributed by atoms with Gasteiger partial charge in [-0.25, -0.2) is 13.6 Å². The molecule has 0 heterocycles. The lowest BCUT2D eigenvalue weighted by Gasteiger charge is -2.21. The monoisotopic (exact) mass is 352 g/mol. The molecule has 2 N–H and O–H groups in total. The van der Waals surface area contributed by atoms with Crippen molar-refractivity contribution in [2.75, 3.05) is 13.6 Å². The predicted octanol–water partition coefficient (Wildman–Crippen LogP) is 2.76. The van der Waals surface area contributed by atoms with E-state index in [9.17, 15) is 13.2 Å². The molecule has 0 saturated carbocycles. The normalized spacial score (nSPS) is 13.0. The molecule has 1 amide bonds. The topological polar surface area (TPSA) is 80.5 Å². The van der Waals surface area contributed by atoms with Gasteiger partial charge in [-0.05, 0) is 18.1 Å². The van der Waals surface area contributed by atoms with Crippen LogP contribution in [0.15, 0.2) is 17.0 Å². The number of halogens is 2. The zero-order chi connectivity index (χ0) is 16.4. The highest BCUT2D eigenvalue weighted by Crippen LogP contribution is 2.30. The summed E-state index contributed by atoms with van der Waals surface area (Å²) >= 11 is 11.9. The number of nitrogens with two attached hydrogens (primary N) is 1. The van der Waals surface area contributed by atoms with Crippen molar-refractivity contribution in [2.45, 2.75) is 25.2 Å². The Bertz CT molecular complexity index is 647. The molecule has 118 valence electrons. The number of nitrogens with zero attached hydrogens (tertiary/aromatic N) is 1. The second kappa shape index (κ2) is 6.96. The minimum absolute atomic E-state index is 0.0186. The summed E-state index contributed by atoms with van der Waals surface area (Å²) in [6.07, 6.45) is 0.920. The Hall–Kier alpha value is -0.820. The molecular formula is C13H18Cl2N2O3S. The Morgan fingerprint density at radius 1 is 1.38 bits per heavy atom. The fraction of sp³-hybridized carbons (Fsp3) is 0.462. The Morgan fingerprint density at radius 2 is 1.95 bits per heavy atom. The number of sulfonamides is 1. The number of rotatable bonds is 5. The van der Waals surface area contributed by atoms with E-state index in [1.807, 2.05) is 13.8 Å². The van der Waals surface area contributed by atoms with Gasteiger partial charge in [0.1, 0.15) is 0 Å². The molecule has 0 aliphatic carbocycles. The number of amides is 1. The average molecular weight is 353 g/mol. The average Bonchev–Trinajstić information content (AvgIpc) is 2.39. The minimum atomic E-state index is -3.97. The molecule has 0 aromatic heterocycles. The van der Waals surface area contributed by atoms with Crippen molar-refractivity contribution in [3.63, 3.8) is 0 Å². The maximum Gasteiger partial charge on any atom is 0.255 e. The van der Waals surface area contributed by atoms with Crippen LogP contribution in [0.4, 0.5) is 0 Å². The smallest absolute Gasteiger partial charge is 0.255 e. The summed E-state index contributed by atoms with van der Waals surface area (Å²) in [4.78, 5) is 13.6. The van der Waals surface area contributed by atoms with Crippen molar-refractivity contribution in [3.8, 4) is 0 Å². The Balaban J connectivity index is 3.23. The first-order valence-electron chi connectivity index (χ1n) is 6.35. The Labute approximate surface area is 135 Å². The second-order valence-electron chi connectivity index (χ2n) is 5.01. The van der Waals surface area contributed by atoms with Gasteiger partial charge < -0.3 is 4.90 Å². The first-order chi connectivity index (χ1) is 9.57. The molecule has 1 unspecified atom stereocenters. The van der Waals surface area contributed by atoms with E-state index in [2.05, 4.69) is 0 Å².